The Hall–Kier alpha value is 0.250. The topological polar surface area (TPSA) is 45.3 Å². The highest BCUT2D eigenvalue weighted by molar-refractivity contribution is 8.13. The fraction of sp³-hybridized carbons (Fsp3) is 0.960. The molecule has 0 saturated carbocycles. The Bertz CT molecular complexity index is 475. The van der Waals surface area contributed by atoms with Crippen molar-refractivity contribution in [3.63, 3.8) is 0 Å². The first-order valence-electron chi connectivity index (χ1n) is 12.8. The van der Waals surface area contributed by atoms with E-state index >= 15 is 0 Å². The third kappa shape index (κ3) is 13.2. The van der Waals surface area contributed by atoms with E-state index in [2.05, 4.69) is 97.3 Å². The second-order valence-corrected chi connectivity index (χ2v) is 13.1. The van der Waals surface area contributed by atoms with E-state index in [1.54, 1.807) is 0 Å². The largest absolute Gasteiger partial charge is 0.378 e. The van der Waals surface area contributed by atoms with Crippen LogP contribution < -0.4 is 0 Å². The van der Waals surface area contributed by atoms with E-state index in [-0.39, 0.29) is 5.12 Å². The van der Waals surface area contributed by atoms with Crippen LogP contribution in [0.25, 0.3) is 0 Å². The quantitative estimate of drug-likeness (QED) is 0.160. The van der Waals surface area contributed by atoms with Crippen LogP contribution in [0.2, 0.25) is 0 Å². The summed E-state index contributed by atoms with van der Waals surface area (Å²) in [4.78, 5) is 14.6. The second kappa shape index (κ2) is 17.6. The highest BCUT2D eigenvalue weighted by Crippen LogP contribution is 2.50. The van der Waals surface area contributed by atoms with Gasteiger partial charge in [0.15, 0.2) is 13.6 Å². The molecule has 0 N–H and O–H groups in total. The van der Waals surface area contributed by atoms with E-state index in [0.717, 1.165) is 6.54 Å². The maximum Gasteiger partial charge on any atom is 0.190 e. The van der Waals surface area contributed by atoms with Gasteiger partial charge in [-0.3, -0.25) is 9.69 Å². The fourth-order valence-electron chi connectivity index (χ4n) is 4.13. The van der Waals surface area contributed by atoms with Crippen LogP contribution in [0.1, 0.15) is 89.5 Å². The SMILES string of the molecule is CC(C)N(CCC(=O)SCCOCCOP(N(C(C)C)C(C)C)N(C(C)C)C(C)C)C(C)C. The third-order valence-electron chi connectivity index (χ3n) is 5.34. The Morgan fingerprint density at radius 3 is 1.55 bits per heavy atom. The van der Waals surface area contributed by atoms with E-state index in [4.69, 9.17) is 9.26 Å². The van der Waals surface area contributed by atoms with Gasteiger partial charge in [-0.1, -0.05) is 11.8 Å². The number of rotatable bonds is 18. The van der Waals surface area contributed by atoms with Gasteiger partial charge in [0.2, 0.25) is 0 Å². The average Bonchev–Trinajstić information content (AvgIpc) is 2.65. The van der Waals surface area contributed by atoms with Gasteiger partial charge >= 0.3 is 0 Å². The lowest BCUT2D eigenvalue weighted by Gasteiger charge is -2.45. The van der Waals surface area contributed by atoms with E-state index in [0.29, 0.717) is 68.2 Å². The molecule has 33 heavy (non-hydrogen) atoms. The lowest BCUT2D eigenvalue weighted by Crippen LogP contribution is -2.43. The Morgan fingerprint density at radius 1 is 0.697 bits per heavy atom. The molecule has 0 saturated heterocycles. The molecule has 0 aliphatic heterocycles. The van der Waals surface area contributed by atoms with Crippen molar-refractivity contribution in [3.8, 4) is 0 Å². The molecule has 6 nitrogen and oxygen atoms in total. The summed E-state index contributed by atoms with van der Waals surface area (Å²) in [5.74, 6) is 0.700. The average molecular weight is 508 g/mol. The molecule has 8 heteroatoms. The summed E-state index contributed by atoms with van der Waals surface area (Å²) in [6.45, 7) is 29.2. The van der Waals surface area contributed by atoms with Gasteiger partial charge in [-0.15, -0.1) is 0 Å². The molecule has 198 valence electrons. The van der Waals surface area contributed by atoms with Gasteiger partial charge in [-0.05, 0) is 83.1 Å². The summed E-state index contributed by atoms with van der Waals surface area (Å²) in [6.07, 6.45) is 0.592. The zero-order valence-corrected chi connectivity index (χ0v) is 25.3. The molecule has 0 bridgehead atoms. The molecule has 0 aliphatic carbocycles. The van der Waals surface area contributed by atoms with Crippen molar-refractivity contribution in [1.82, 2.24) is 14.2 Å². The molecular formula is C25H54N3O3PS. The Balaban J connectivity index is 4.50. The first-order valence-corrected chi connectivity index (χ1v) is 14.9. The van der Waals surface area contributed by atoms with Crippen LogP contribution >= 0.6 is 20.2 Å². The minimum Gasteiger partial charge on any atom is -0.378 e. The second-order valence-electron chi connectivity index (χ2n) is 10.2. The monoisotopic (exact) mass is 507 g/mol. The lowest BCUT2D eigenvalue weighted by atomic mass is 10.2. The molecule has 0 unspecified atom stereocenters. The summed E-state index contributed by atoms with van der Waals surface area (Å²) in [5, 5.41) is 0.249. The van der Waals surface area contributed by atoms with E-state index in [9.17, 15) is 4.79 Å². The van der Waals surface area contributed by atoms with Crippen LogP contribution in [-0.4, -0.2) is 87.7 Å². The number of thioether (sulfide) groups is 1. The molecule has 0 spiro atoms. The Morgan fingerprint density at radius 2 is 1.15 bits per heavy atom. The molecular weight excluding hydrogens is 453 g/mol. The maximum absolute atomic E-state index is 12.2. The van der Waals surface area contributed by atoms with Crippen LogP contribution in [0.15, 0.2) is 0 Å². The molecule has 0 atom stereocenters. The minimum absolute atomic E-state index is 0.249. The number of nitrogens with zero attached hydrogens (tertiary/aromatic N) is 3. The molecule has 0 aliphatic rings. The first-order chi connectivity index (χ1) is 15.3. The van der Waals surface area contributed by atoms with E-state index in [1.165, 1.54) is 11.8 Å². The van der Waals surface area contributed by atoms with Gasteiger partial charge in [-0.2, -0.15) is 0 Å². The van der Waals surface area contributed by atoms with Crippen LogP contribution in [0, 0.1) is 0 Å². The highest BCUT2D eigenvalue weighted by atomic mass is 32.2. The molecule has 0 heterocycles. The summed E-state index contributed by atoms with van der Waals surface area (Å²) in [6, 6.07) is 2.54. The number of ether oxygens (including phenoxy) is 1. The predicted octanol–water partition coefficient (Wildman–Crippen LogP) is 6.25. The Labute approximate surface area is 211 Å². The lowest BCUT2D eigenvalue weighted by molar-refractivity contribution is -0.111. The van der Waals surface area contributed by atoms with Crippen molar-refractivity contribution in [3.05, 3.63) is 0 Å². The molecule has 0 rings (SSSR count). The van der Waals surface area contributed by atoms with Crippen LogP contribution in [0.5, 0.6) is 0 Å². The van der Waals surface area contributed by atoms with Crippen molar-refractivity contribution < 1.29 is 14.1 Å². The van der Waals surface area contributed by atoms with Gasteiger partial charge in [0.25, 0.3) is 0 Å². The van der Waals surface area contributed by atoms with Gasteiger partial charge in [0.05, 0.1) is 19.8 Å². The van der Waals surface area contributed by atoms with Crippen molar-refractivity contribution >= 4 is 25.3 Å². The van der Waals surface area contributed by atoms with E-state index in [1.807, 2.05) is 0 Å². The summed E-state index contributed by atoms with van der Waals surface area (Å²) in [7, 11) is -0.880. The van der Waals surface area contributed by atoms with Crippen molar-refractivity contribution in [2.24, 2.45) is 0 Å². The highest BCUT2D eigenvalue weighted by Gasteiger charge is 2.34. The van der Waals surface area contributed by atoms with Gasteiger partial charge in [0.1, 0.15) is 0 Å². The summed E-state index contributed by atoms with van der Waals surface area (Å²) in [5.41, 5.74) is 0. The van der Waals surface area contributed by atoms with Gasteiger partial charge in [0, 0.05) is 55.0 Å². The normalized spacial score (nSPS) is 13.2. The number of carbonyl (C=O) groups excluding carboxylic acids is 1. The minimum atomic E-state index is -0.880. The first kappa shape index (κ1) is 33.2. The molecule has 0 fully saturated rings. The standard InChI is InChI=1S/C25H54N3O3PS/c1-19(2)26(20(3)4)14-13-25(29)33-18-17-30-15-16-31-32(27(21(5)6)22(7)8)28(23(9)10)24(11)12/h19-24H,13-18H2,1-12H3. The van der Waals surface area contributed by atoms with Crippen molar-refractivity contribution in [2.75, 3.05) is 32.1 Å². The molecule has 0 aromatic rings. The predicted molar refractivity (Wildman–Crippen MR) is 147 cm³/mol. The maximum atomic E-state index is 12.2. The van der Waals surface area contributed by atoms with Gasteiger partial charge in [-0.25, -0.2) is 9.34 Å². The number of hydrogen-bond acceptors (Lipinski definition) is 7. The molecule has 0 aromatic carbocycles. The van der Waals surface area contributed by atoms with Crippen LogP contribution in [-0.2, 0) is 14.1 Å². The smallest absolute Gasteiger partial charge is 0.190 e. The van der Waals surface area contributed by atoms with Crippen LogP contribution in [0.4, 0.5) is 0 Å². The summed E-state index contributed by atoms with van der Waals surface area (Å²) < 4.78 is 17.2. The van der Waals surface area contributed by atoms with Crippen molar-refractivity contribution in [1.29, 1.82) is 0 Å². The van der Waals surface area contributed by atoms with E-state index < -0.39 is 8.45 Å². The fourth-order valence-corrected chi connectivity index (χ4v) is 7.12. The number of hydrogen-bond donors (Lipinski definition) is 0. The summed E-state index contributed by atoms with van der Waals surface area (Å²) >= 11 is 1.39. The molecule has 0 amide bonds. The van der Waals surface area contributed by atoms with Gasteiger partial charge < -0.3 is 9.26 Å². The van der Waals surface area contributed by atoms with Crippen molar-refractivity contribution in [2.45, 2.75) is 126 Å². The molecule has 0 aromatic heterocycles. The zero-order valence-electron chi connectivity index (χ0n) is 23.6. The number of carbonyl (C=O) groups is 1. The third-order valence-corrected chi connectivity index (χ3v) is 9.29. The van der Waals surface area contributed by atoms with Crippen LogP contribution in [0.3, 0.4) is 0 Å². The molecule has 0 radical (unpaired) electrons. The Kier molecular flexibility index (Phi) is 17.8. The zero-order chi connectivity index (χ0) is 25.7.